The third kappa shape index (κ3) is 1.30. The summed E-state index contributed by atoms with van der Waals surface area (Å²) in [5.74, 6) is 0.686. The fourth-order valence-corrected chi connectivity index (χ4v) is 1.18. The first-order valence-corrected chi connectivity index (χ1v) is 4.06. The van der Waals surface area contributed by atoms with Gasteiger partial charge in [0.1, 0.15) is 11.8 Å². The maximum absolute atomic E-state index is 11.0. The van der Waals surface area contributed by atoms with Gasteiger partial charge in [-0.3, -0.25) is 4.79 Å². The lowest BCUT2D eigenvalue weighted by molar-refractivity contribution is 1.03. The highest BCUT2D eigenvalue weighted by atomic mass is 16.1. The quantitative estimate of drug-likeness (QED) is 0.674. The molecule has 0 atom stereocenters. The van der Waals surface area contributed by atoms with Gasteiger partial charge in [-0.2, -0.15) is 0 Å². The van der Waals surface area contributed by atoms with Crippen LogP contribution in [0.2, 0.25) is 0 Å². The van der Waals surface area contributed by atoms with E-state index in [2.05, 4.69) is 19.9 Å². The number of fused-ring (bicyclic) bond motifs is 1. The molecule has 72 valence electrons. The van der Waals surface area contributed by atoms with E-state index < -0.39 is 0 Å². The van der Waals surface area contributed by atoms with Crippen molar-refractivity contribution in [3.05, 3.63) is 22.9 Å². The van der Waals surface area contributed by atoms with Gasteiger partial charge in [-0.25, -0.2) is 15.0 Å². The van der Waals surface area contributed by atoms with Crippen LogP contribution in [0.3, 0.4) is 0 Å². The number of hydrogen-bond acceptors (Lipinski definition) is 5. The maximum atomic E-state index is 11.0. The van der Waals surface area contributed by atoms with Crippen LogP contribution in [-0.2, 0) is 0 Å². The zero-order valence-corrected chi connectivity index (χ0v) is 7.85. The molecule has 0 saturated heterocycles. The Bertz CT molecular complexity index is 518. The van der Waals surface area contributed by atoms with E-state index in [1.807, 2.05) is 19.0 Å². The SMILES string of the molecule is CN(C)c1ncnc2[nH]c(=O)cnc12. The minimum absolute atomic E-state index is 0.263. The Morgan fingerprint density at radius 1 is 1.29 bits per heavy atom. The van der Waals surface area contributed by atoms with Crippen LogP contribution in [-0.4, -0.2) is 34.0 Å². The highest BCUT2D eigenvalue weighted by molar-refractivity contribution is 5.81. The number of aromatic nitrogens is 4. The van der Waals surface area contributed by atoms with E-state index in [9.17, 15) is 4.79 Å². The Hall–Kier alpha value is -1.98. The van der Waals surface area contributed by atoms with E-state index in [4.69, 9.17) is 0 Å². The molecule has 14 heavy (non-hydrogen) atoms. The van der Waals surface area contributed by atoms with Gasteiger partial charge < -0.3 is 9.88 Å². The largest absolute Gasteiger partial charge is 0.361 e. The standard InChI is InChI=1S/C8H9N5O/c1-13(2)8-6-7(10-4-11-8)12-5(14)3-9-6/h3-4H,1-2H3,(H,10,11,12,14). The van der Waals surface area contributed by atoms with Crippen molar-refractivity contribution in [2.24, 2.45) is 0 Å². The van der Waals surface area contributed by atoms with Crippen molar-refractivity contribution < 1.29 is 0 Å². The van der Waals surface area contributed by atoms with Crippen LogP contribution < -0.4 is 10.5 Å². The van der Waals surface area contributed by atoms with Crippen molar-refractivity contribution in [2.75, 3.05) is 19.0 Å². The minimum atomic E-state index is -0.263. The first kappa shape index (κ1) is 8.61. The number of rotatable bonds is 1. The molecular weight excluding hydrogens is 182 g/mol. The van der Waals surface area contributed by atoms with Gasteiger partial charge in [0.05, 0.1) is 6.20 Å². The molecule has 0 spiro atoms. The Balaban J connectivity index is 2.81. The molecule has 0 amide bonds. The molecule has 6 nitrogen and oxygen atoms in total. The fraction of sp³-hybridized carbons (Fsp3) is 0.250. The molecule has 1 N–H and O–H groups in total. The van der Waals surface area contributed by atoms with Crippen molar-refractivity contribution in [1.82, 2.24) is 19.9 Å². The maximum Gasteiger partial charge on any atom is 0.268 e. The minimum Gasteiger partial charge on any atom is -0.361 e. The monoisotopic (exact) mass is 191 g/mol. The predicted molar refractivity (Wildman–Crippen MR) is 52.3 cm³/mol. The number of nitrogens with zero attached hydrogens (tertiary/aromatic N) is 4. The second-order valence-corrected chi connectivity index (χ2v) is 3.04. The Kier molecular flexibility index (Phi) is 1.88. The van der Waals surface area contributed by atoms with Gasteiger partial charge in [-0.1, -0.05) is 0 Å². The number of anilines is 1. The molecule has 0 aliphatic carbocycles. The summed E-state index contributed by atoms with van der Waals surface area (Å²) >= 11 is 0. The van der Waals surface area contributed by atoms with Crippen molar-refractivity contribution in [1.29, 1.82) is 0 Å². The normalized spacial score (nSPS) is 10.4. The molecule has 0 fully saturated rings. The molecule has 2 heterocycles. The smallest absolute Gasteiger partial charge is 0.268 e. The molecule has 2 aromatic heterocycles. The van der Waals surface area contributed by atoms with Crippen molar-refractivity contribution >= 4 is 17.0 Å². The van der Waals surface area contributed by atoms with Crippen LogP contribution in [0.15, 0.2) is 17.3 Å². The molecular formula is C8H9N5O. The molecule has 0 saturated carbocycles. The van der Waals surface area contributed by atoms with Crippen LogP contribution >= 0.6 is 0 Å². The Labute approximate surface area is 79.6 Å². The molecule has 0 unspecified atom stereocenters. The van der Waals surface area contributed by atoms with E-state index in [0.29, 0.717) is 17.0 Å². The van der Waals surface area contributed by atoms with Crippen molar-refractivity contribution in [2.45, 2.75) is 0 Å². The average molecular weight is 191 g/mol. The fourth-order valence-electron chi connectivity index (χ4n) is 1.18. The summed E-state index contributed by atoms with van der Waals surface area (Å²) in [6.45, 7) is 0. The number of H-pyrrole nitrogens is 1. The molecule has 0 bridgehead atoms. The van der Waals surface area contributed by atoms with Gasteiger partial charge in [-0.15, -0.1) is 0 Å². The first-order chi connectivity index (χ1) is 6.68. The van der Waals surface area contributed by atoms with Crippen LogP contribution in [0.25, 0.3) is 11.2 Å². The summed E-state index contributed by atoms with van der Waals surface area (Å²) in [5, 5.41) is 0. The third-order valence-electron chi connectivity index (χ3n) is 1.78. The van der Waals surface area contributed by atoms with Gasteiger partial charge in [-0.05, 0) is 0 Å². The highest BCUT2D eigenvalue weighted by Gasteiger charge is 2.06. The van der Waals surface area contributed by atoms with E-state index >= 15 is 0 Å². The summed E-state index contributed by atoms with van der Waals surface area (Å²) in [5.41, 5.74) is 0.786. The van der Waals surface area contributed by atoms with Gasteiger partial charge in [0.25, 0.3) is 5.56 Å². The third-order valence-corrected chi connectivity index (χ3v) is 1.78. The lowest BCUT2D eigenvalue weighted by Gasteiger charge is -2.11. The van der Waals surface area contributed by atoms with E-state index in [-0.39, 0.29) is 5.56 Å². The predicted octanol–water partition coefficient (Wildman–Crippen LogP) is -0.221. The van der Waals surface area contributed by atoms with Crippen molar-refractivity contribution in [3.63, 3.8) is 0 Å². The Morgan fingerprint density at radius 2 is 2.07 bits per heavy atom. The van der Waals surface area contributed by atoms with Crippen molar-refractivity contribution in [3.8, 4) is 0 Å². The zero-order valence-electron chi connectivity index (χ0n) is 7.85. The molecule has 0 radical (unpaired) electrons. The van der Waals surface area contributed by atoms with Gasteiger partial charge >= 0.3 is 0 Å². The summed E-state index contributed by atoms with van der Waals surface area (Å²) in [4.78, 5) is 27.4. The molecule has 0 aliphatic heterocycles. The summed E-state index contributed by atoms with van der Waals surface area (Å²) in [7, 11) is 3.71. The molecule has 6 heteroatoms. The van der Waals surface area contributed by atoms with Gasteiger partial charge in [0, 0.05) is 14.1 Å². The lowest BCUT2D eigenvalue weighted by atomic mass is 10.4. The van der Waals surface area contributed by atoms with E-state index in [0.717, 1.165) is 0 Å². The topological polar surface area (TPSA) is 74.8 Å². The summed E-state index contributed by atoms with van der Waals surface area (Å²) in [6, 6.07) is 0. The summed E-state index contributed by atoms with van der Waals surface area (Å²) in [6.07, 6.45) is 2.62. The highest BCUT2D eigenvalue weighted by Crippen LogP contribution is 2.14. The van der Waals surface area contributed by atoms with Crippen LogP contribution in [0, 0.1) is 0 Å². The number of hydrogen-bond donors (Lipinski definition) is 1. The summed E-state index contributed by atoms with van der Waals surface area (Å²) < 4.78 is 0. The molecule has 0 aliphatic rings. The van der Waals surface area contributed by atoms with Crippen LogP contribution in [0.1, 0.15) is 0 Å². The van der Waals surface area contributed by atoms with E-state index in [1.54, 1.807) is 0 Å². The van der Waals surface area contributed by atoms with E-state index in [1.165, 1.54) is 12.5 Å². The molecule has 2 aromatic rings. The Morgan fingerprint density at radius 3 is 2.79 bits per heavy atom. The van der Waals surface area contributed by atoms with Crippen LogP contribution in [0.5, 0.6) is 0 Å². The molecule has 2 rings (SSSR count). The second-order valence-electron chi connectivity index (χ2n) is 3.04. The van der Waals surface area contributed by atoms with Crippen LogP contribution in [0.4, 0.5) is 5.82 Å². The second kappa shape index (κ2) is 3.06. The van der Waals surface area contributed by atoms with Gasteiger partial charge in [0.15, 0.2) is 11.5 Å². The zero-order chi connectivity index (χ0) is 10.1. The first-order valence-electron chi connectivity index (χ1n) is 4.06. The average Bonchev–Trinajstić information content (AvgIpc) is 2.16. The molecule has 0 aromatic carbocycles. The lowest BCUT2D eigenvalue weighted by Crippen LogP contribution is -2.14. The number of aromatic amines is 1. The number of nitrogens with one attached hydrogen (secondary N) is 1. The van der Waals surface area contributed by atoms with Gasteiger partial charge in [0.2, 0.25) is 0 Å².